The van der Waals surface area contributed by atoms with Crippen molar-refractivity contribution in [2.75, 3.05) is 12.3 Å². The van der Waals surface area contributed by atoms with Crippen LogP contribution in [0.2, 0.25) is 5.28 Å². The van der Waals surface area contributed by atoms with Crippen LogP contribution >= 0.6 is 11.6 Å². The minimum absolute atomic E-state index is 0.0587. The van der Waals surface area contributed by atoms with Gasteiger partial charge in [0.2, 0.25) is 5.28 Å². The van der Waals surface area contributed by atoms with Gasteiger partial charge in [-0.05, 0) is 42.1 Å². The number of carboxylic acid groups (broad SMARTS) is 1. The van der Waals surface area contributed by atoms with Crippen molar-refractivity contribution in [3.8, 4) is 12.8 Å². The lowest BCUT2D eigenvalue weighted by Gasteiger charge is -2.16. The Balaban J connectivity index is 0.000000299. The summed E-state index contributed by atoms with van der Waals surface area (Å²) in [4.78, 5) is 33.7. The van der Waals surface area contributed by atoms with Crippen LogP contribution in [0.3, 0.4) is 0 Å². The number of rotatable bonds is 7. The van der Waals surface area contributed by atoms with Gasteiger partial charge in [0, 0.05) is 24.2 Å². The summed E-state index contributed by atoms with van der Waals surface area (Å²) in [5.41, 5.74) is 8.15. The number of nitrogens with zero attached hydrogens (tertiary/aromatic N) is 4. The van der Waals surface area contributed by atoms with E-state index in [1.54, 1.807) is 24.5 Å². The standard InChI is InChI=1S/C19H19ClN4O4.C7H7NO3.C2H2/c20-18-22-16(21)14-8-9-24(17(14)23-18)15-7-6-13(28-15)11-27-19(25)26-10-12-4-2-1-3-5-12;9-7(10)11-5-6-2-1-3-8-4-6;1-2/h1-5,8-9,13,15H,6-7,10-11H2,(H2,21,22,23);1-4H,5H2,(H,9,10);1-2H/t13?,15-;;/m1../s1. The van der Waals surface area contributed by atoms with Crippen LogP contribution in [0, 0.1) is 12.8 Å². The molecule has 1 aliphatic rings. The van der Waals surface area contributed by atoms with Crippen molar-refractivity contribution in [3.05, 3.63) is 83.5 Å². The average molecular weight is 582 g/mol. The predicted molar refractivity (Wildman–Crippen MR) is 150 cm³/mol. The lowest BCUT2D eigenvalue weighted by Crippen LogP contribution is -2.20. The highest BCUT2D eigenvalue weighted by atomic mass is 35.5. The molecule has 0 saturated carbocycles. The molecule has 2 atom stereocenters. The van der Waals surface area contributed by atoms with Gasteiger partial charge >= 0.3 is 12.3 Å². The third-order valence-corrected chi connectivity index (χ3v) is 5.81. The molecule has 0 spiro atoms. The molecule has 0 aliphatic carbocycles. The lowest BCUT2D eigenvalue weighted by atomic mass is 10.2. The molecule has 12 nitrogen and oxygen atoms in total. The Bertz CT molecular complexity index is 1430. The number of benzene rings is 1. The third-order valence-electron chi connectivity index (χ3n) is 5.64. The number of aromatic nitrogens is 4. The van der Waals surface area contributed by atoms with Crippen LogP contribution in [0.1, 0.15) is 30.2 Å². The number of anilines is 1. The maximum atomic E-state index is 11.8. The molecule has 4 aromatic rings. The zero-order valence-electron chi connectivity index (χ0n) is 21.8. The SMILES string of the molecule is C#C.Nc1nc(Cl)nc2c1ccn2[C@H]1CCC(COC(=O)OCc2ccccc2)O1.O=C(O)OCc1cccnc1. The number of terminal acetylenes is 1. The largest absolute Gasteiger partial charge is 0.508 e. The van der Waals surface area contributed by atoms with Crippen molar-refractivity contribution < 1.29 is 33.6 Å². The number of nitrogens with two attached hydrogens (primary N) is 1. The molecule has 0 radical (unpaired) electrons. The monoisotopic (exact) mass is 581 g/mol. The van der Waals surface area contributed by atoms with E-state index in [0.29, 0.717) is 11.5 Å². The smallest absolute Gasteiger partial charge is 0.450 e. The summed E-state index contributed by atoms with van der Waals surface area (Å²) in [5, 5.41) is 8.94. The normalized spacial score (nSPS) is 15.5. The van der Waals surface area contributed by atoms with Crippen molar-refractivity contribution >= 4 is 40.8 Å². The minimum Gasteiger partial charge on any atom is -0.450 e. The molecular weight excluding hydrogens is 554 g/mol. The molecule has 0 bridgehead atoms. The van der Waals surface area contributed by atoms with E-state index in [2.05, 4.69) is 32.5 Å². The van der Waals surface area contributed by atoms with E-state index in [9.17, 15) is 9.59 Å². The van der Waals surface area contributed by atoms with Gasteiger partial charge in [-0.3, -0.25) is 4.98 Å². The molecular formula is C28H28ClN5O7. The summed E-state index contributed by atoms with van der Waals surface area (Å²) < 4.78 is 22.4. The molecule has 4 heterocycles. The second-order valence-corrected chi connectivity index (χ2v) is 8.72. The van der Waals surface area contributed by atoms with Crippen LogP contribution in [0.5, 0.6) is 0 Å². The number of hydrogen-bond donors (Lipinski definition) is 2. The first-order valence-electron chi connectivity index (χ1n) is 12.3. The van der Waals surface area contributed by atoms with E-state index in [0.717, 1.165) is 29.4 Å². The number of hydrogen-bond acceptors (Lipinski definition) is 10. The van der Waals surface area contributed by atoms with E-state index in [1.165, 1.54) is 0 Å². The van der Waals surface area contributed by atoms with Crippen LogP contribution in [0.15, 0.2) is 67.1 Å². The van der Waals surface area contributed by atoms with Gasteiger partial charge in [-0.1, -0.05) is 36.4 Å². The van der Waals surface area contributed by atoms with Crippen LogP contribution in [0.4, 0.5) is 15.4 Å². The summed E-state index contributed by atoms with van der Waals surface area (Å²) in [5.74, 6) is 0.327. The maximum absolute atomic E-state index is 11.8. The topological polar surface area (TPSA) is 161 Å². The van der Waals surface area contributed by atoms with Gasteiger partial charge in [-0.2, -0.15) is 4.98 Å². The maximum Gasteiger partial charge on any atom is 0.508 e. The van der Waals surface area contributed by atoms with Crippen molar-refractivity contribution in [2.45, 2.75) is 38.4 Å². The molecule has 1 aliphatic heterocycles. The fraction of sp³-hybridized carbons (Fsp3) is 0.250. The quantitative estimate of drug-likeness (QED) is 0.167. The number of fused-ring (bicyclic) bond motifs is 1. The Kier molecular flexibility index (Phi) is 11.7. The fourth-order valence-corrected chi connectivity index (χ4v) is 3.99. The molecule has 5 rings (SSSR count). The molecule has 0 amide bonds. The first-order chi connectivity index (χ1) is 19.9. The molecule has 214 valence electrons. The molecule has 3 N–H and O–H groups in total. The second-order valence-electron chi connectivity index (χ2n) is 8.38. The molecule has 13 heteroatoms. The summed E-state index contributed by atoms with van der Waals surface area (Å²) in [6.07, 6.45) is 12.1. The number of carbonyl (C=O) groups excluding carboxylic acids is 1. The van der Waals surface area contributed by atoms with Crippen LogP contribution < -0.4 is 5.73 Å². The van der Waals surface area contributed by atoms with Crippen LogP contribution in [0.25, 0.3) is 11.0 Å². The van der Waals surface area contributed by atoms with Crippen LogP contribution in [-0.4, -0.2) is 49.6 Å². The summed E-state index contributed by atoms with van der Waals surface area (Å²) in [7, 11) is 0. The Morgan fingerprint density at radius 1 is 1.02 bits per heavy atom. The Morgan fingerprint density at radius 2 is 1.76 bits per heavy atom. The number of nitrogen functional groups attached to an aromatic ring is 1. The van der Waals surface area contributed by atoms with E-state index >= 15 is 0 Å². The fourth-order valence-electron chi connectivity index (χ4n) is 3.82. The van der Waals surface area contributed by atoms with E-state index in [4.69, 9.17) is 36.7 Å². The van der Waals surface area contributed by atoms with Gasteiger partial charge in [0.05, 0.1) is 11.5 Å². The highest BCUT2D eigenvalue weighted by Gasteiger charge is 2.29. The molecule has 41 heavy (non-hydrogen) atoms. The number of carbonyl (C=O) groups is 2. The average Bonchev–Trinajstić information content (AvgIpc) is 3.64. The van der Waals surface area contributed by atoms with Crippen molar-refractivity contribution in [1.82, 2.24) is 19.5 Å². The molecule has 1 fully saturated rings. The van der Waals surface area contributed by atoms with Gasteiger partial charge in [0.1, 0.15) is 37.5 Å². The van der Waals surface area contributed by atoms with E-state index in [1.807, 2.05) is 47.2 Å². The molecule has 1 unspecified atom stereocenters. The van der Waals surface area contributed by atoms with E-state index in [-0.39, 0.29) is 37.4 Å². The molecule has 1 aromatic carbocycles. The van der Waals surface area contributed by atoms with Crippen molar-refractivity contribution in [1.29, 1.82) is 0 Å². The van der Waals surface area contributed by atoms with Gasteiger partial charge in [-0.15, -0.1) is 12.8 Å². The zero-order valence-corrected chi connectivity index (χ0v) is 22.6. The minimum atomic E-state index is -1.27. The zero-order chi connectivity index (χ0) is 29.6. The molecule has 3 aromatic heterocycles. The number of halogens is 1. The Morgan fingerprint density at radius 3 is 2.46 bits per heavy atom. The first-order valence-corrected chi connectivity index (χ1v) is 12.6. The summed E-state index contributed by atoms with van der Waals surface area (Å²) in [6, 6.07) is 14.7. The third kappa shape index (κ3) is 9.38. The van der Waals surface area contributed by atoms with Gasteiger partial charge in [-0.25, -0.2) is 14.6 Å². The Labute approximate surface area is 241 Å². The van der Waals surface area contributed by atoms with Crippen LogP contribution in [-0.2, 0) is 32.2 Å². The number of pyridine rings is 1. The lowest BCUT2D eigenvalue weighted by molar-refractivity contribution is -0.0379. The van der Waals surface area contributed by atoms with Gasteiger partial charge in [0.25, 0.3) is 0 Å². The number of ether oxygens (including phenoxy) is 4. The summed E-state index contributed by atoms with van der Waals surface area (Å²) >= 11 is 5.92. The highest BCUT2D eigenvalue weighted by molar-refractivity contribution is 6.28. The summed E-state index contributed by atoms with van der Waals surface area (Å²) in [6.45, 7) is 0.357. The van der Waals surface area contributed by atoms with E-state index < -0.39 is 12.3 Å². The van der Waals surface area contributed by atoms with Crippen molar-refractivity contribution in [2.24, 2.45) is 0 Å². The van der Waals surface area contributed by atoms with Crippen molar-refractivity contribution in [3.63, 3.8) is 0 Å². The van der Waals surface area contributed by atoms with Gasteiger partial charge in [0.15, 0.2) is 0 Å². The second kappa shape index (κ2) is 15.7. The first kappa shape index (κ1) is 30.7. The predicted octanol–water partition coefficient (Wildman–Crippen LogP) is 5.22. The van der Waals surface area contributed by atoms with Gasteiger partial charge < -0.3 is 34.4 Å². The molecule has 1 saturated heterocycles. The highest BCUT2D eigenvalue weighted by Crippen LogP contribution is 2.32. The Hall–Kier alpha value is -4.86.